The fourth-order valence-electron chi connectivity index (χ4n) is 2.47. The third kappa shape index (κ3) is 5.81. The van der Waals surface area contributed by atoms with Crippen molar-refractivity contribution < 1.29 is 9.13 Å². The molecular weight excluding hydrogens is 319 g/mol. The molecule has 2 rings (SSSR count). The van der Waals surface area contributed by atoms with Gasteiger partial charge in [-0.1, -0.05) is 6.07 Å². The highest BCUT2D eigenvalue weighted by Crippen LogP contribution is 2.14. The number of nitrogens with one attached hydrogen (secondary N) is 1. The molecule has 136 valence electrons. The Balaban J connectivity index is 1.96. The van der Waals surface area contributed by atoms with Crippen LogP contribution in [0.25, 0.3) is 0 Å². The molecule has 0 spiro atoms. The lowest BCUT2D eigenvalue weighted by Gasteiger charge is -2.23. The maximum absolute atomic E-state index is 13.2. The van der Waals surface area contributed by atoms with E-state index in [1.165, 1.54) is 17.8 Å². The molecule has 1 N–H and O–H groups in total. The predicted molar refractivity (Wildman–Crippen MR) is 99.3 cm³/mol. The van der Waals surface area contributed by atoms with Crippen molar-refractivity contribution in [1.82, 2.24) is 14.8 Å². The number of ether oxygens (including phenoxy) is 1. The summed E-state index contributed by atoms with van der Waals surface area (Å²) in [6.07, 6.45) is 1.88. The fourth-order valence-corrected chi connectivity index (χ4v) is 2.47. The van der Waals surface area contributed by atoms with Gasteiger partial charge in [-0.3, -0.25) is 0 Å². The topological polar surface area (TPSA) is 41.8 Å². The standard InChI is InChI=1S/C19H27FN4O/c1-5-21-19(24(4)14-17-9-7-11-23(17)3)22-13-15(2)25-18-10-6-8-16(20)12-18/h6-12,15H,5,13-14H2,1-4H3,(H,21,22). The van der Waals surface area contributed by atoms with Gasteiger partial charge in [-0.15, -0.1) is 0 Å². The number of benzene rings is 1. The van der Waals surface area contributed by atoms with E-state index in [1.807, 2.05) is 40.2 Å². The summed E-state index contributed by atoms with van der Waals surface area (Å²) in [4.78, 5) is 6.72. The minimum Gasteiger partial charge on any atom is -0.489 e. The zero-order valence-electron chi connectivity index (χ0n) is 15.4. The van der Waals surface area contributed by atoms with Gasteiger partial charge in [-0.05, 0) is 38.1 Å². The number of aromatic nitrogens is 1. The van der Waals surface area contributed by atoms with Gasteiger partial charge in [-0.25, -0.2) is 9.38 Å². The van der Waals surface area contributed by atoms with E-state index >= 15 is 0 Å². The van der Waals surface area contributed by atoms with Crippen LogP contribution >= 0.6 is 0 Å². The Morgan fingerprint density at radius 3 is 2.80 bits per heavy atom. The molecule has 5 nitrogen and oxygen atoms in total. The smallest absolute Gasteiger partial charge is 0.194 e. The Hall–Kier alpha value is -2.50. The van der Waals surface area contributed by atoms with Crippen LogP contribution in [0.3, 0.4) is 0 Å². The molecule has 1 aromatic carbocycles. The summed E-state index contributed by atoms with van der Waals surface area (Å²) in [6.45, 7) is 5.99. The van der Waals surface area contributed by atoms with E-state index < -0.39 is 0 Å². The number of hydrogen-bond donors (Lipinski definition) is 1. The molecule has 1 unspecified atom stereocenters. The highest BCUT2D eigenvalue weighted by atomic mass is 19.1. The van der Waals surface area contributed by atoms with E-state index in [2.05, 4.69) is 25.8 Å². The highest BCUT2D eigenvalue weighted by Gasteiger charge is 2.10. The van der Waals surface area contributed by atoms with Crippen LogP contribution in [0.15, 0.2) is 47.6 Å². The van der Waals surface area contributed by atoms with Crippen LogP contribution in [-0.2, 0) is 13.6 Å². The number of nitrogens with zero attached hydrogens (tertiary/aromatic N) is 3. The van der Waals surface area contributed by atoms with Crippen LogP contribution in [0.4, 0.5) is 4.39 Å². The van der Waals surface area contributed by atoms with Crippen molar-refractivity contribution in [3.63, 3.8) is 0 Å². The Bertz CT molecular complexity index is 698. The van der Waals surface area contributed by atoms with Gasteiger partial charge in [0.1, 0.15) is 17.7 Å². The second-order valence-electron chi connectivity index (χ2n) is 6.05. The molecule has 0 amide bonds. The van der Waals surface area contributed by atoms with Gasteiger partial charge in [-0.2, -0.15) is 0 Å². The number of guanidine groups is 1. The van der Waals surface area contributed by atoms with Gasteiger partial charge >= 0.3 is 0 Å². The Morgan fingerprint density at radius 1 is 1.36 bits per heavy atom. The molecular formula is C19H27FN4O. The Kier molecular flexibility index (Phi) is 6.86. The molecule has 1 heterocycles. The molecule has 0 aliphatic carbocycles. The van der Waals surface area contributed by atoms with Crippen molar-refractivity contribution in [3.8, 4) is 5.75 Å². The summed E-state index contributed by atoms with van der Waals surface area (Å²) in [5.41, 5.74) is 1.21. The predicted octanol–water partition coefficient (Wildman–Crippen LogP) is 3.03. The third-order valence-corrected chi connectivity index (χ3v) is 3.78. The Morgan fingerprint density at radius 2 is 2.16 bits per heavy atom. The van der Waals surface area contributed by atoms with Crippen molar-refractivity contribution in [1.29, 1.82) is 0 Å². The average molecular weight is 346 g/mol. The van der Waals surface area contributed by atoms with E-state index in [4.69, 9.17) is 4.74 Å². The Labute approximate surface area is 149 Å². The van der Waals surface area contributed by atoms with E-state index in [0.717, 1.165) is 19.0 Å². The summed E-state index contributed by atoms with van der Waals surface area (Å²) in [7, 11) is 4.04. The molecule has 0 fully saturated rings. The monoisotopic (exact) mass is 346 g/mol. The van der Waals surface area contributed by atoms with Gasteiger partial charge in [0.15, 0.2) is 5.96 Å². The molecule has 1 atom stereocenters. The van der Waals surface area contributed by atoms with Crippen molar-refractivity contribution >= 4 is 5.96 Å². The van der Waals surface area contributed by atoms with E-state index in [0.29, 0.717) is 12.3 Å². The first kappa shape index (κ1) is 18.8. The zero-order valence-corrected chi connectivity index (χ0v) is 15.4. The second kappa shape index (κ2) is 9.11. The van der Waals surface area contributed by atoms with Crippen molar-refractivity contribution in [2.45, 2.75) is 26.5 Å². The van der Waals surface area contributed by atoms with Crippen LogP contribution < -0.4 is 10.1 Å². The molecule has 0 radical (unpaired) electrons. The second-order valence-corrected chi connectivity index (χ2v) is 6.05. The molecule has 1 aromatic heterocycles. The molecule has 0 saturated carbocycles. The zero-order chi connectivity index (χ0) is 18.2. The fraction of sp³-hybridized carbons (Fsp3) is 0.421. The van der Waals surface area contributed by atoms with Gasteiger partial charge < -0.3 is 19.5 Å². The number of hydrogen-bond acceptors (Lipinski definition) is 2. The quantitative estimate of drug-likeness (QED) is 0.619. The first-order chi connectivity index (χ1) is 12.0. The summed E-state index contributed by atoms with van der Waals surface area (Å²) in [5.74, 6) is 1.03. The lowest BCUT2D eigenvalue weighted by Crippen LogP contribution is -2.39. The molecule has 0 bridgehead atoms. The van der Waals surface area contributed by atoms with Gasteiger partial charge in [0.2, 0.25) is 0 Å². The van der Waals surface area contributed by atoms with Crippen LogP contribution in [-0.4, -0.2) is 41.7 Å². The highest BCUT2D eigenvalue weighted by molar-refractivity contribution is 5.79. The first-order valence-electron chi connectivity index (χ1n) is 8.51. The van der Waals surface area contributed by atoms with Crippen LogP contribution in [0.2, 0.25) is 0 Å². The lowest BCUT2D eigenvalue weighted by molar-refractivity contribution is 0.228. The molecule has 0 saturated heterocycles. The largest absolute Gasteiger partial charge is 0.489 e. The molecule has 2 aromatic rings. The lowest BCUT2D eigenvalue weighted by atomic mass is 10.3. The normalized spacial score (nSPS) is 12.8. The van der Waals surface area contributed by atoms with Crippen molar-refractivity contribution in [2.24, 2.45) is 12.0 Å². The van der Waals surface area contributed by atoms with E-state index in [1.54, 1.807) is 12.1 Å². The van der Waals surface area contributed by atoms with Crippen LogP contribution in [0.1, 0.15) is 19.5 Å². The maximum Gasteiger partial charge on any atom is 0.194 e. The number of aliphatic imine (C=N–C) groups is 1. The summed E-state index contributed by atoms with van der Waals surface area (Å²) in [5, 5.41) is 3.29. The van der Waals surface area contributed by atoms with Crippen LogP contribution in [0.5, 0.6) is 5.75 Å². The van der Waals surface area contributed by atoms with Gasteiger partial charge in [0.25, 0.3) is 0 Å². The third-order valence-electron chi connectivity index (χ3n) is 3.78. The first-order valence-corrected chi connectivity index (χ1v) is 8.51. The molecule has 6 heteroatoms. The summed E-state index contributed by atoms with van der Waals surface area (Å²) in [6, 6.07) is 10.3. The SMILES string of the molecule is CCNC(=NCC(C)Oc1cccc(F)c1)N(C)Cc1cccn1C. The van der Waals surface area contributed by atoms with E-state index in [-0.39, 0.29) is 11.9 Å². The van der Waals surface area contributed by atoms with Crippen molar-refractivity contribution in [3.05, 3.63) is 54.1 Å². The number of rotatable bonds is 7. The van der Waals surface area contributed by atoms with Gasteiger partial charge in [0, 0.05) is 38.6 Å². The summed E-state index contributed by atoms with van der Waals surface area (Å²) >= 11 is 0. The molecule has 25 heavy (non-hydrogen) atoms. The van der Waals surface area contributed by atoms with Gasteiger partial charge in [0.05, 0.1) is 13.1 Å². The number of halogens is 1. The number of aryl methyl sites for hydroxylation is 1. The minimum absolute atomic E-state index is 0.154. The molecule has 0 aliphatic heterocycles. The van der Waals surface area contributed by atoms with E-state index in [9.17, 15) is 4.39 Å². The average Bonchev–Trinajstić information content (AvgIpc) is 2.96. The maximum atomic E-state index is 13.2. The minimum atomic E-state index is -0.302. The van der Waals surface area contributed by atoms with Crippen molar-refractivity contribution in [2.75, 3.05) is 20.1 Å². The molecule has 0 aliphatic rings. The van der Waals surface area contributed by atoms with Crippen LogP contribution in [0, 0.1) is 5.82 Å². The summed E-state index contributed by atoms with van der Waals surface area (Å²) < 4.78 is 21.0.